The molecule has 5 radical (unpaired) electrons. The van der Waals surface area contributed by atoms with Gasteiger partial charge in [0.2, 0.25) is 0 Å². The minimum Gasteiger partial charge on any atom is 0 e. The third-order valence-electron chi connectivity index (χ3n) is 0. The molecule has 4 heteroatoms. The van der Waals surface area contributed by atoms with Crippen LogP contribution in [0.3, 0.4) is 0 Å². The molecule has 0 aliphatic heterocycles. The van der Waals surface area contributed by atoms with Gasteiger partial charge in [-0.25, -0.2) is 0 Å². The van der Waals surface area contributed by atoms with E-state index in [1.165, 1.54) is 0 Å². The number of hydrogen-bond acceptors (Lipinski definition) is 0. The topological polar surface area (TPSA) is 0 Å². The molecule has 0 unspecified atom stereocenters. The van der Waals surface area contributed by atoms with E-state index >= 15 is 0 Å². The molecule has 0 rings (SSSR count). The van der Waals surface area contributed by atoms with Gasteiger partial charge in [0.05, 0.1) is 0 Å². The average Bonchev–Trinajstić information content (AvgIpc) is 0. The Bertz CT molecular complexity index is 8.00. The fraction of sp³-hybridized carbons (Fsp3) is 0. The minimum atomic E-state index is 0. The van der Waals surface area contributed by atoms with Gasteiger partial charge in [0, 0.05) is 80.0 Å². The van der Waals surface area contributed by atoms with Crippen LogP contribution in [-0.2, 0) is 33.8 Å². The van der Waals surface area contributed by atoms with Crippen LogP contribution in [0.25, 0.3) is 0 Å². The molecular formula is BCoFeHo. The average molecular weight is 291 g/mol. The predicted octanol–water partition coefficient (Wildman–Crippen LogP) is -0.386. The number of hydrogen-bond donors (Lipinski definition) is 0. The molecule has 0 N–H and O–H groups in total. The van der Waals surface area contributed by atoms with Gasteiger partial charge in [-0.15, -0.1) is 0 Å². The quantitative estimate of drug-likeness (QED) is 0.533. The van der Waals surface area contributed by atoms with Crippen LogP contribution in [0, 0.1) is 37.7 Å². The van der Waals surface area contributed by atoms with E-state index in [-0.39, 0.29) is 80.0 Å². The summed E-state index contributed by atoms with van der Waals surface area (Å²) in [6, 6.07) is 0. The molecule has 0 atom stereocenters. The largest absolute Gasteiger partial charge is 0 e. The van der Waals surface area contributed by atoms with Crippen LogP contribution >= 0.6 is 0 Å². The van der Waals surface area contributed by atoms with Crippen molar-refractivity contribution in [2.45, 2.75) is 0 Å². The number of rotatable bonds is 0. The zero-order valence-corrected chi connectivity index (χ0v) is 5.65. The van der Waals surface area contributed by atoms with Gasteiger partial charge in [0.25, 0.3) is 0 Å². The Hall–Kier alpha value is 2.35. The van der Waals surface area contributed by atoms with E-state index in [4.69, 9.17) is 0 Å². The van der Waals surface area contributed by atoms with Gasteiger partial charge in [-0.05, 0) is 0 Å². The van der Waals surface area contributed by atoms with Crippen molar-refractivity contribution in [3.63, 3.8) is 0 Å². The third-order valence-corrected chi connectivity index (χ3v) is 0. The summed E-state index contributed by atoms with van der Waals surface area (Å²) < 4.78 is 0. The second-order valence-electron chi connectivity index (χ2n) is 0. The molecule has 0 aromatic carbocycles. The molecule has 31 valence electrons. The zero-order valence-electron chi connectivity index (χ0n) is 1.57. The van der Waals surface area contributed by atoms with E-state index in [2.05, 4.69) is 0 Å². The van der Waals surface area contributed by atoms with E-state index < -0.39 is 0 Å². The maximum absolute atomic E-state index is 0. The fourth-order valence-electron chi connectivity index (χ4n) is 0. The first kappa shape index (κ1) is 32.9. The van der Waals surface area contributed by atoms with Crippen molar-refractivity contribution in [1.82, 2.24) is 0 Å². The SMILES string of the molecule is [B].[Co].[Fe].[Ho]. The summed E-state index contributed by atoms with van der Waals surface area (Å²) in [6.07, 6.45) is 0. The molecule has 0 nitrogen and oxygen atoms in total. The van der Waals surface area contributed by atoms with E-state index in [9.17, 15) is 0 Å². The van der Waals surface area contributed by atoms with E-state index in [1.807, 2.05) is 0 Å². The molecule has 0 saturated carbocycles. The maximum Gasteiger partial charge on any atom is 0 e. The Kier molecular flexibility index (Phi) is 151. The smallest absolute Gasteiger partial charge is 0 e. The second-order valence-corrected chi connectivity index (χ2v) is 0. The predicted molar refractivity (Wildman–Crippen MR) is 5.75 cm³/mol. The van der Waals surface area contributed by atoms with Gasteiger partial charge < -0.3 is 0 Å². The van der Waals surface area contributed by atoms with Crippen molar-refractivity contribution < 1.29 is 71.6 Å². The van der Waals surface area contributed by atoms with Crippen molar-refractivity contribution in [2.75, 3.05) is 0 Å². The maximum atomic E-state index is 0. The molecule has 0 fully saturated rings. The molecule has 0 aromatic heterocycles. The molecule has 4 heavy (non-hydrogen) atoms. The van der Waals surface area contributed by atoms with Crippen LogP contribution in [0.15, 0.2) is 0 Å². The van der Waals surface area contributed by atoms with Gasteiger partial charge in [-0.1, -0.05) is 0 Å². The Labute approximate surface area is 78.7 Å². The molecule has 0 bridgehead atoms. The molecule has 0 spiro atoms. The molecule has 0 aliphatic carbocycles. The van der Waals surface area contributed by atoms with Crippen molar-refractivity contribution in [1.29, 1.82) is 0 Å². The Morgan fingerprint density at radius 1 is 1.00 bits per heavy atom. The van der Waals surface area contributed by atoms with Crippen molar-refractivity contribution >= 4 is 8.41 Å². The molecule has 0 saturated heterocycles. The Morgan fingerprint density at radius 3 is 1.00 bits per heavy atom. The van der Waals surface area contributed by atoms with Crippen molar-refractivity contribution in [3.8, 4) is 0 Å². The van der Waals surface area contributed by atoms with E-state index in [0.29, 0.717) is 0 Å². The first-order valence-electron chi connectivity index (χ1n) is 0. The molecule has 0 amide bonds. The Balaban J connectivity index is 0. The molecular weight excluding hydrogens is 291 g/mol. The van der Waals surface area contributed by atoms with Crippen molar-refractivity contribution in [2.24, 2.45) is 0 Å². The van der Waals surface area contributed by atoms with E-state index in [0.717, 1.165) is 0 Å². The summed E-state index contributed by atoms with van der Waals surface area (Å²) in [6.45, 7) is 0. The van der Waals surface area contributed by atoms with Gasteiger partial charge in [-0.2, -0.15) is 0 Å². The molecule has 0 heterocycles. The van der Waals surface area contributed by atoms with Gasteiger partial charge in [-0.3, -0.25) is 0 Å². The van der Waals surface area contributed by atoms with Crippen LogP contribution in [0.2, 0.25) is 0 Å². The fourth-order valence-corrected chi connectivity index (χ4v) is 0. The Morgan fingerprint density at radius 2 is 1.00 bits per heavy atom. The van der Waals surface area contributed by atoms with Crippen LogP contribution in [0.1, 0.15) is 0 Å². The van der Waals surface area contributed by atoms with Crippen molar-refractivity contribution in [3.05, 3.63) is 0 Å². The van der Waals surface area contributed by atoms with Crippen LogP contribution in [0.5, 0.6) is 0 Å². The van der Waals surface area contributed by atoms with Crippen LogP contribution < -0.4 is 0 Å². The zero-order chi connectivity index (χ0) is 0. The summed E-state index contributed by atoms with van der Waals surface area (Å²) >= 11 is 0. The summed E-state index contributed by atoms with van der Waals surface area (Å²) in [5.74, 6) is 0. The minimum absolute atomic E-state index is 0. The summed E-state index contributed by atoms with van der Waals surface area (Å²) in [5.41, 5.74) is 0. The normalized spacial score (nSPS) is 0. The second kappa shape index (κ2) is 18.3. The summed E-state index contributed by atoms with van der Waals surface area (Å²) in [4.78, 5) is 0. The summed E-state index contributed by atoms with van der Waals surface area (Å²) in [5, 5.41) is 0. The first-order chi connectivity index (χ1) is 0. The summed E-state index contributed by atoms with van der Waals surface area (Å²) in [7, 11) is 0. The standard InChI is InChI=1S/B.Co.Fe.Ho. The monoisotopic (exact) mass is 291 g/mol. The van der Waals surface area contributed by atoms with Gasteiger partial charge in [0.15, 0.2) is 0 Å². The van der Waals surface area contributed by atoms with Crippen LogP contribution in [-0.4, -0.2) is 8.41 Å². The third kappa shape index (κ3) is 8.84. The first-order valence-corrected chi connectivity index (χ1v) is 0. The van der Waals surface area contributed by atoms with Gasteiger partial charge in [0.1, 0.15) is 0 Å². The molecule has 0 aliphatic rings. The van der Waals surface area contributed by atoms with Crippen LogP contribution in [0.4, 0.5) is 0 Å². The van der Waals surface area contributed by atoms with Gasteiger partial charge >= 0.3 is 0 Å². The molecule has 0 aromatic rings. The van der Waals surface area contributed by atoms with E-state index in [1.54, 1.807) is 0 Å².